The Balaban J connectivity index is 2.25. The van der Waals surface area contributed by atoms with E-state index in [0.29, 0.717) is 27.9 Å². The fourth-order valence-electron chi connectivity index (χ4n) is 1.70. The number of benzene rings is 1. The Hall–Kier alpha value is -1.29. The Kier molecular flexibility index (Phi) is 4.64. The van der Waals surface area contributed by atoms with Crippen molar-refractivity contribution in [3.63, 3.8) is 0 Å². The van der Waals surface area contributed by atoms with Gasteiger partial charge in [-0.2, -0.15) is 0 Å². The van der Waals surface area contributed by atoms with Crippen molar-refractivity contribution >= 4 is 23.2 Å². The molecule has 1 aromatic heterocycles. The first kappa shape index (κ1) is 14.1. The van der Waals surface area contributed by atoms with Gasteiger partial charge < -0.3 is 9.84 Å². The van der Waals surface area contributed by atoms with E-state index in [2.05, 4.69) is 4.98 Å². The second-order valence-corrected chi connectivity index (χ2v) is 4.77. The molecule has 1 heterocycles. The highest BCUT2D eigenvalue weighted by Crippen LogP contribution is 2.29. The lowest BCUT2D eigenvalue weighted by molar-refractivity contribution is 0.215. The summed E-state index contributed by atoms with van der Waals surface area (Å²) in [7, 11) is 0. The summed E-state index contributed by atoms with van der Waals surface area (Å²) in [5, 5.41) is 11.0. The lowest BCUT2D eigenvalue weighted by Crippen LogP contribution is -2.03. The smallest absolute Gasteiger partial charge is 0.122 e. The molecule has 1 unspecified atom stereocenters. The molecule has 0 radical (unpaired) electrons. The number of pyridine rings is 1. The van der Waals surface area contributed by atoms with E-state index < -0.39 is 6.10 Å². The van der Waals surface area contributed by atoms with E-state index >= 15 is 0 Å². The predicted octanol–water partition coefficient (Wildman–Crippen LogP) is 3.87. The van der Waals surface area contributed by atoms with Crippen LogP contribution in [0.3, 0.4) is 0 Å². The summed E-state index contributed by atoms with van der Waals surface area (Å²) in [4.78, 5) is 4.07. The number of ether oxygens (including phenoxy) is 1. The van der Waals surface area contributed by atoms with Crippen LogP contribution in [0.2, 0.25) is 10.0 Å². The highest BCUT2D eigenvalue weighted by atomic mass is 35.5. The lowest BCUT2D eigenvalue weighted by atomic mass is 10.1. The van der Waals surface area contributed by atoms with Gasteiger partial charge in [-0.05, 0) is 30.7 Å². The fourth-order valence-corrected chi connectivity index (χ4v) is 2.18. The maximum atomic E-state index is 10.3. The van der Waals surface area contributed by atoms with Crippen molar-refractivity contribution in [1.82, 2.24) is 4.98 Å². The Morgan fingerprint density at radius 1 is 1.26 bits per heavy atom. The third-order valence-electron chi connectivity index (χ3n) is 2.60. The maximum absolute atomic E-state index is 10.3. The zero-order valence-corrected chi connectivity index (χ0v) is 11.8. The molecule has 0 aliphatic carbocycles. The monoisotopic (exact) mass is 297 g/mol. The summed E-state index contributed by atoms with van der Waals surface area (Å²) in [6, 6.07) is 8.71. The normalized spacial score (nSPS) is 12.2. The summed E-state index contributed by atoms with van der Waals surface area (Å²) < 4.78 is 5.34. The van der Waals surface area contributed by atoms with Crippen LogP contribution in [-0.4, -0.2) is 16.7 Å². The summed E-state index contributed by atoms with van der Waals surface area (Å²) in [5.41, 5.74) is 1.08. The number of hydrogen-bond acceptors (Lipinski definition) is 3. The number of nitrogens with zero attached hydrogens (tertiary/aromatic N) is 1. The SMILES string of the molecule is CCOc1ccc(C(O)c2ncc(Cl)cc2Cl)cc1. The van der Waals surface area contributed by atoms with Crippen LogP contribution in [0.4, 0.5) is 0 Å². The first-order chi connectivity index (χ1) is 9.11. The first-order valence-corrected chi connectivity index (χ1v) is 6.59. The number of aliphatic hydroxyl groups is 1. The highest BCUT2D eigenvalue weighted by Gasteiger charge is 2.15. The van der Waals surface area contributed by atoms with E-state index in [0.717, 1.165) is 5.75 Å². The van der Waals surface area contributed by atoms with Gasteiger partial charge in [-0.3, -0.25) is 4.98 Å². The van der Waals surface area contributed by atoms with Gasteiger partial charge in [0, 0.05) is 6.20 Å². The Labute approximate surface area is 121 Å². The number of aromatic nitrogens is 1. The zero-order chi connectivity index (χ0) is 13.8. The van der Waals surface area contributed by atoms with Crippen molar-refractivity contribution in [2.45, 2.75) is 13.0 Å². The minimum atomic E-state index is -0.888. The molecular weight excluding hydrogens is 285 g/mol. The van der Waals surface area contributed by atoms with Gasteiger partial charge in [0.1, 0.15) is 11.9 Å². The summed E-state index contributed by atoms with van der Waals surface area (Å²) in [6.45, 7) is 2.52. The minimum Gasteiger partial charge on any atom is -0.494 e. The second-order valence-electron chi connectivity index (χ2n) is 3.93. The van der Waals surface area contributed by atoms with Gasteiger partial charge in [0.15, 0.2) is 0 Å². The van der Waals surface area contributed by atoms with Crippen LogP contribution < -0.4 is 4.74 Å². The molecule has 0 bridgehead atoms. The Morgan fingerprint density at radius 3 is 2.53 bits per heavy atom. The molecule has 0 aliphatic heterocycles. The average molecular weight is 298 g/mol. The van der Waals surface area contributed by atoms with Crippen LogP contribution in [0, 0.1) is 0 Å². The molecule has 0 fully saturated rings. The van der Waals surface area contributed by atoms with Gasteiger partial charge in [0.05, 0.1) is 22.3 Å². The number of halogens is 2. The molecule has 100 valence electrons. The van der Waals surface area contributed by atoms with Gasteiger partial charge >= 0.3 is 0 Å². The first-order valence-electron chi connectivity index (χ1n) is 5.83. The third-order valence-corrected chi connectivity index (χ3v) is 3.11. The van der Waals surface area contributed by atoms with E-state index in [1.807, 2.05) is 6.92 Å². The highest BCUT2D eigenvalue weighted by molar-refractivity contribution is 6.34. The van der Waals surface area contributed by atoms with Crippen molar-refractivity contribution < 1.29 is 9.84 Å². The Morgan fingerprint density at radius 2 is 1.95 bits per heavy atom. The molecule has 3 nitrogen and oxygen atoms in total. The molecule has 2 aromatic rings. The molecule has 1 aromatic carbocycles. The molecule has 1 atom stereocenters. The maximum Gasteiger partial charge on any atom is 0.122 e. The molecule has 0 amide bonds. The van der Waals surface area contributed by atoms with E-state index in [4.69, 9.17) is 27.9 Å². The standard InChI is InChI=1S/C14H13Cl2NO2/c1-2-19-11-5-3-9(4-6-11)14(18)13-12(16)7-10(15)8-17-13/h3-8,14,18H,2H2,1H3. The van der Waals surface area contributed by atoms with Crippen molar-refractivity contribution in [2.75, 3.05) is 6.61 Å². The molecule has 5 heteroatoms. The van der Waals surface area contributed by atoms with E-state index in [1.54, 1.807) is 30.3 Å². The molecule has 1 N–H and O–H groups in total. The molecular formula is C14H13Cl2NO2. The van der Waals surface area contributed by atoms with Gasteiger partial charge in [0.25, 0.3) is 0 Å². The van der Waals surface area contributed by atoms with Crippen LogP contribution in [0.1, 0.15) is 24.3 Å². The molecule has 0 aliphatic rings. The Bertz CT molecular complexity index is 558. The zero-order valence-electron chi connectivity index (χ0n) is 10.3. The van der Waals surface area contributed by atoms with Crippen LogP contribution in [0.25, 0.3) is 0 Å². The quantitative estimate of drug-likeness (QED) is 0.931. The van der Waals surface area contributed by atoms with E-state index in [-0.39, 0.29) is 0 Å². The number of aliphatic hydroxyl groups excluding tert-OH is 1. The van der Waals surface area contributed by atoms with E-state index in [9.17, 15) is 5.11 Å². The average Bonchev–Trinajstić information content (AvgIpc) is 2.39. The van der Waals surface area contributed by atoms with Gasteiger partial charge in [-0.25, -0.2) is 0 Å². The fraction of sp³-hybridized carbons (Fsp3) is 0.214. The van der Waals surface area contributed by atoms with Crippen molar-refractivity contribution in [2.24, 2.45) is 0 Å². The van der Waals surface area contributed by atoms with Crippen LogP contribution in [0.15, 0.2) is 36.5 Å². The molecule has 0 saturated heterocycles. The molecule has 0 spiro atoms. The topological polar surface area (TPSA) is 42.4 Å². The predicted molar refractivity (Wildman–Crippen MR) is 75.9 cm³/mol. The molecule has 2 rings (SSSR count). The second kappa shape index (κ2) is 6.24. The van der Waals surface area contributed by atoms with Crippen LogP contribution in [-0.2, 0) is 0 Å². The molecule has 0 saturated carbocycles. The molecule has 19 heavy (non-hydrogen) atoms. The van der Waals surface area contributed by atoms with Gasteiger partial charge in [-0.1, -0.05) is 35.3 Å². The largest absolute Gasteiger partial charge is 0.494 e. The van der Waals surface area contributed by atoms with E-state index in [1.165, 1.54) is 6.20 Å². The summed E-state index contributed by atoms with van der Waals surface area (Å²) >= 11 is 11.8. The number of rotatable bonds is 4. The van der Waals surface area contributed by atoms with Gasteiger partial charge in [-0.15, -0.1) is 0 Å². The van der Waals surface area contributed by atoms with Crippen molar-refractivity contribution in [3.8, 4) is 5.75 Å². The summed E-state index contributed by atoms with van der Waals surface area (Å²) in [6.07, 6.45) is 0.570. The number of hydrogen-bond donors (Lipinski definition) is 1. The van der Waals surface area contributed by atoms with Gasteiger partial charge in [0.2, 0.25) is 0 Å². The summed E-state index contributed by atoms with van der Waals surface area (Å²) in [5.74, 6) is 0.758. The lowest BCUT2D eigenvalue weighted by Gasteiger charge is -2.13. The minimum absolute atomic E-state index is 0.342. The van der Waals surface area contributed by atoms with Crippen LogP contribution >= 0.6 is 23.2 Å². The third kappa shape index (κ3) is 3.38. The van der Waals surface area contributed by atoms with Crippen molar-refractivity contribution in [3.05, 3.63) is 57.8 Å². The van der Waals surface area contributed by atoms with Crippen molar-refractivity contribution in [1.29, 1.82) is 0 Å². The van der Waals surface area contributed by atoms with Crippen LogP contribution in [0.5, 0.6) is 5.75 Å².